The molecule has 1 atom stereocenters. The van der Waals surface area contributed by atoms with Gasteiger partial charge < -0.3 is 15.6 Å². The van der Waals surface area contributed by atoms with Crippen molar-refractivity contribution in [1.29, 1.82) is 5.26 Å². The van der Waals surface area contributed by atoms with Crippen molar-refractivity contribution < 1.29 is 14.2 Å². The van der Waals surface area contributed by atoms with Gasteiger partial charge in [-0.15, -0.1) is 0 Å². The van der Waals surface area contributed by atoms with Crippen LogP contribution in [0.1, 0.15) is 17.0 Å². The maximum absolute atomic E-state index is 14.1. The monoisotopic (exact) mass is 282 g/mol. The molecule has 1 unspecified atom stereocenters. The Balaban J connectivity index is 2.28. The van der Waals surface area contributed by atoms with Gasteiger partial charge in [0.15, 0.2) is 0 Å². The van der Waals surface area contributed by atoms with Gasteiger partial charge in [-0.1, -0.05) is 18.2 Å². The standard InChI is InChI=1S/C16H11FN2O2/c17-13-4-2-1-3-10(13)15-11-7-9(19)5-6-14(11)21-16(20)12(15)8-18/h1-7,15,20H,19H2. The number of anilines is 1. The number of nitrogens with two attached hydrogens (primary N) is 1. The number of hydrogen-bond acceptors (Lipinski definition) is 4. The second kappa shape index (κ2) is 4.84. The molecular formula is C16H11FN2O2. The van der Waals surface area contributed by atoms with Crippen LogP contribution in [0.2, 0.25) is 0 Å². The van der Waals surface area contributed by atoms with Crippen molar-refractivity contribution in [3.63, 3.8) is 0 Å². The van der Waals surface area contributed by atoms with E-state index < -0.39 is 17.7 Å². The zero-order chi connectivity index (χ0) is 15.0. The smallest absolute Gasteiger partial charge is 0.297 e. The van der Waals surface area contributed by atoms with Crippen LogP contribution in [0.5, 0.6) is 5.75 Å². The summed E-state index contributed by atoms with van der Waals surface area (Å²) in [5.74, 6) is -1.36. The first-order valence-corrected chi connectivity index (χ1v) is 6.26. The van der Waals surface area contributed by atoms with Crippen molar-refractivity contribution in [1.82, 2.24) is 0 Å². The van der Waals surface area contributed by atoms with Gasteiger partial charge in [0.05, 0.1) is 5.92 Å². The van der Waals surface area contributed by atoms with Gasteiger partial charge >= 0.3 is 0 Å². The van der Waals surface area contributed by atoms with Crippen LogP contribution in [0.15, 0.2) is 54.0 Å². The number of allylic oxidation sites excluding steroid dienone is 1. The molecule has 3 N–H and O–H groups in total. The number of aliphatic hydroxyl groups excluding tert-OH is 1. The third-order valence-corrected chi connectivity index (χ3v) is 3.41. The molecule has 0 saturated carbocycles. The molecule has 3 rings (SSSR count). The van der Waals surface area contributed by atoms with E-state index in [-0.39, 0.29) is 11.1 Å². The summed E-state index contributed by atoms with van der Waals surface area (Å²) in [5, 5.41) is 19.2. The Kier molecular flexibility index (Phi) is 2.99. The van der Waals surface area contributed by atoms with E-state index in [4.69, 9.17) is 10.5 Å². The second-order valence-corrected chi connectivity index (χ2v) is 4.68. The summed E-state index contributed by atoms with van der Waals surface area (Å²) < 4.78 is 19.3. The van der Waals surface area contributed by atoms with Gasteiger partial charge in [-0.05, 0) is 24.3 Å². The maximum Gasteiger partial charge on any atom is 0.297 e. The first kappa shape index (κ1) is 13.0. The minimum atomic E-state index is -0.747. The Morgan fingerprint density at radius 3 is 2.67 bits per heavy atom. The fourth-order valence-corrected chi connectivity index (χ4v) is 2.47. The van der Waals surface area contributed by atoms with E-state index in [9.17, 15) is 14.8 Å². The Morgan fingerprint density at radius 1 is 1.19 bits per heavy atom. The lowest BCUT2D eigenvalue weighted by molar-refractivity contribution is 0.194. The number of rotatable bonds is 1. The van der Waals surface area contributed by atoms with Crippen molar-refractivity contribution in [3.05, 3.63) is 70.9 Å². The molecule has 2 aromatic rings. The summed E-state index contributed by atoms with van der Waals surface area (Å²) in [5.41, 5.74) is 7.04. The number of nitrogens with zero attached hydrogens (tertiary/aromatic N) is 1. The Hall–Kier alpha value is -3.00. The van der Waals surface area contributed by atoms with Gasteiger partial charge in [0.2, 0.25) is 0 Å². The predicted octanol–water partition coefficient (Wildman–Crippen LogP) is 3.23. The van der Waals surface area contributed by atoms with Gasteiger partial charge in [-0.2, -0.15) is 5.26 Å². The molecule has 0 spiro atoms. The lowest BCUT2D eigenvalue weighted by Gasteiger charge is -2.25. The van der Waals surface area contributed by atoms with E-state index in [1.165, 1.54) is 6.07 Å². The van der Waals surface area contributed by atoms with Crippen LogP contribution in [-0.4, -0.2) is 5.11 Å². The first-order valence-electron chi connectivity index (χ1n) is 6.26. The van der Waals surface area contributed by atoms with Crippen molar-refractivity contribution in [2.24, 2.45) is 0 Å². The molecule has 0 amide bonds. The minimum Gasteiger partial charge on any atom is -0.480 e. The molecule has 2 aromatic carbocycles. The fourth-order valence-electron chi connectivity index (χ4n) is 2.47. The van der Waals surface area contributed by atoms with Crippen LogP contribution in [0.3, 0.4) is 0 Å². The van der Waals surface area contributed by atoms with E-state index in [0.717, 1.165) is 0 Å². The molecule has 1 aliphatic rings. The van der Waals surface area contributed by atoms with E-state index in [2.05, 4.69) is 0 Å². The summed E-state index contributed by atoms with van der Waals surface area (Å²) >= 11 is 0. The molecule has 21 heavy (non-hydrogen) atoms. The van der Waals surface area contributed by atoms with Crippen molar-refractivity contribution in [2.75, 3.05) is 5.73 Å². The number of nitriles is 1. The molecule has 0 aliphatic carbocycles. The molecular weight excluding hydrogens is 271 g/mol. The van der Waals surface area contributed by atoms with Gasteiger partial charge in [0, 0.05) is 16.8 Å². The van der Waals surface area contributed by atoms with E-state index in [1.807, 2.05) is 6.07 Å². The second-order valence-electron chi connectivity index (χ2n) is 4.68. The van der Waals surface area contributed by atoms with E-state index >= 15 is 0 Å². The Labute approximate surface area is 120 Å². The number of nitrogen functional groups attached to an aromatic ring is 1. The summed E-state index contributed by atoms with van der Waals surface area (Å²) in [7, 11) is 0. The van der Waals surface area contributed by atoms with Gasteiger partial charge in [-0.3, -0.25) is 0 Å². The highest BCUT2D eigenvalue weighted by molar-refractivity contribution is 5.59. The fraction of sp³-hybridized carbons (Fsp3) is 0.0625. The molecule has 1 aliphatic heterocycles. The van der Waals surface area contributed by atoms with E-state index in [1.54, 1.807) is 36.4 Å². The van der Waals surface area contributed by atoms with Crippen LogP contribution in [0.25, 0.3) is 0 Å². The zero-order valence-electron chi connectivity index (χ0n) is 10.9. The summed E-state index contributed by atoms with van der Waals surface area (Å²) in [4.78, 5) is 0. The summed E-state index contributed by atoms with van der Waals surface area (Å²) in [6, 6.07) is 12.8. The largest absolute Gasteiger partial charge is 0.480 e. The van der Waals surface area contributed by atoms with Crippen LogP contribution in [0, 0.1) is 17.1 Å². The Bertz CT molecular complexity index is 793. The first-order chi connectivity index (χ1) is 10.1. The van der Waals surface area contributed by atoms with Crippen molar-refractivity contribution in [2.45, 2.75) is 5.92 Å². The predicted molar refractivity (Wildman–Crippen MR) is 75.0 cm³/mol. The van der Waals surface area contributed by atoms with Crippen molar-refractivity contribution >= 4 is 5.69 Å². The van der Waals surface area contributed by atoms with Gasteiger partial charge in [-0.25, -0.2) is 4.39 Å². The molecule has 4 nitrogen and oxygen atoms in total. The zero-order valence-corrected chi connectivity index (χ0v) is 10.9. The van der Waals surface area contributed by atoms with Crippen LogP contribution in [0.4, 0.5) is 10.1 Å². The Morgan fingerprint density at radius 2 is 1.95 bits per heavy atom. The number of aliphatic hydroxyl groups is 1. The number of hydrogen-bond donors (Lipinski definition) is 2. The number of fused-ring (bicyclic) bond motifs is 1. The SMILES string of the molecule is N#CC1=C(O)Oc2ccc(N)cc2C1c1ccccc1F. The van der Waals surface area contributed by atoms with Crippen LogP contribution in [-0.2, 0) is 0 Å². The molecule has 5 heteroatoms. The molecule has 1 heterocycles. The summed E-state index contributed by atoms with van der Waals surface area (Å²) in [6.45, 7) is 0. The van der Waals surface area contributed by atoms with Gasteiger partial charge in [0.25, 0.3) is 5.95 Å². The molecule has 0 fully saturated rings. The molecule has 104 valence electrons. The van der Waals surface area contributed by atoms with Gasteiger partial charge in [0.1, 0.15) is 23.2 Å². The third kappa shape index (κ3) is 2.07. The number of ether oxygens (including phenoxy) is 1. The molecule has 0 bridgehead atoms. The molecule has 0 aromatic heterocycles. The third-order valence-electron chi connectivity index (χ3n) is 3.41. The lowest BCUT2D eigenvalue weighted by atomic mass is 9.83. The normalized spacial score (nSPS) is 16.9. The number of halogens is 1. The van der Waals surface area contributed by atoms with Crippen LogP contribution < -0.4 is 10.5 Å². The molecule has 0 saturated heterocycles. The topological polar surface area (TPSA) is 79.3 Å². The van der Waals surface area contributed by atoms with Crippen molar-refractivity contribution in [3.8, 4) is 11.8 Å². The van der Waals surface area contributed by atoms with E-state index in [0.29, 0.717) is 17.0 Å². The quantitative estimate of drug-likeness (QED) is 0.787. The highest BCUT2D eigenvalue weighted by atomic mass is 19.1. The highest BCUT2D eigenvalue weighted by Crippen LogP contribution is 2.43. The van der Waals surface area contributed by atoms with Crippen LogP contribution >= 0.6 is 0 Å². The maximum atomic E-state index is 14.1. The highest BCUT2D eigenvalue weighted by Gasteiger charge is 2.33. The molecule has 0 radical (unpaired) electrons. The summed E-state index contributed by atoms with van der Waals surface area (Å²) in [6.07, 6.45) is 0. The lowest BCUT2D eigenvalue weighted by Crippen LogP contribution is -2.17. The number of benzene rings is 2. The average molecular weight is 282 g/mol. The average Bonchev–Trinajstić information content (AvgIpc) is 2.47. The minimum absolute atomic E-state index is 0.0433.